The molecule has 0 aliphatic heterocycles. The molecule has 2 aromatic rings. The quantitative estimate of drug-likeness (QED) is 0.925. The molecule has 0 amide bonds. The lowest BCUT2D eigenvalue weighted by Crippen LogP contribution is -2.13. The Morgan fingerprint density at radius 3 is 2.42 bits per heavy atom. The normalized spacial score (nSPS) is 12.7. The minimum Gasteiger partial charge on any atom is -0.323 e. The Balaban J connectivity index is 2.60. The summed E-state index contributed by atoms with van der Waals surface area (Å²) in [5, 5.41) is 7.83. The molecule has 102 valence electrons. The molecule has 1 atom stereocenters. The second kappa shape index (κ2) is 5.44. The SMILES string of the molecule is CCc1c(C(N)CC)nnn1-c1c(F)cccc1F. The van der Waals surface area contributed by atoms with Gasteiger partial charge in [-0.15, -0.1) is 5.10 Å². The maximum atomic E-state index is 13.8. The molecule has 0 spiro atoms. The Kier molecular flexibility index (Phi) is 3.90. The number of benzene rings is 1. The molecule has 0 aliphatic rings. The molecule has 0 radical (unpaired) electrons. The molecular weight excluding hydrogens is 250 g/mol. The van der Waals surface area contributed by atoms with Crippen LogP contribution in [0.4, 0.5) is 8.78 Å². The van der Waals surface area contributed by atoms with Gasteiger partial charge < -0.3 is 5.73 Å². The molecule has 2 N–H and O–H groups in total. The van der Waals surface area contributed by atoms with Crippen LogP contribution in [-0.4, -0.2) is 15.0 Å². The highest BCUT2D eigenvalue weighted by Gasteiger charge is 2.21. The van der Waals surface area contributed by atoms with Gasteiger partial charge in [0, 0.05) is 0 Å². The van der Waals surface area contributed by atoms with E-state index < -0.39 is 11.6 Å². The van der Waals surface area contributed by atoms with Crippen molar-refractivity contribution in [3.63, 3.8) is 0 Å². The van der Waals surface area contributed by atoms with Gasteiger partial charge in [-0.3, -0.25) is 0 Å². The summed E-state index contributed by atoms with van der Waals surface area (Å²) >= 11 is 0. The fraction of sp³-hybridized carbons (Fsp3) is 0.385. The van der Waals surface area contributed by atoms with Crippen LogP contribution in [0.3, 0.4) is 0 Å². The second-order valence-corrected chi connectivity index (χ2v) is 4.27. The van der Waals surface area contributed by atoms with Crippen LogP contribution in [0.15, 0.2) is 18.2 Å². The van der Waals surface area contributed by atoms with Crippen LogP contribution in [0.1, 0.15) is 37.7 Å². The van der Waals surface area contributed by atoms with Crippen molar-refractivity contribution in [1.29, 1.82) is 0 Å². The smallest absolute Gasteiger partial charge is 0.151 e. The highest BCUT2D eigenvalue weighted by atomic mass is 19.1. The largest absolute Gasteiger partial charge is 0.323 e. The second-order valence-electron chi connectivity index (χ2n) is 4.27. The van der Waals surface area contributed by atoms with E-state index in [4.69, 9.17) is 5.73 Å². The third-order valence-corrected chi connectivity index (χ3v) is 3.07. The van der Waals surface area contributed by atoms with Crippen molar-refractivity contribution in [1.82, 2.24) is 15.0 Å². The molecule has 1 unspecified atom stereocenters. The number of para-hydroxylation sites is 1. The van der Waals surface area contributed by atoms with E-state index >= 15 is 0 Å². The van der Waals surface area contributed by atoms with Crippen LogP contribution in [0, 0.1) is 11.6 Å². The Morgan fingerprint density at radius 2 is 1.89 bits per heavy atom. The van der Waals surface area contributed by atoms with Gasteiger partial charge in [0.2, 0.25) is 0 Å². The van der Waals surface area contributed by atoms with Crippen molar-refractivity contribution in [2.45, 2.75) is 32.7 Å². The van der Waals surface area contributed by atoms with Crippen LogP contribution in [0.2, 0.25) is 0 Å². The first-order valence-corrected chi connectivity index (χ1v) is 6.24. The van der Waals surface area contributed by atoms with Crippen molar-refractivity contribution in [3.8, 4) is 5.69 Å². The number of nitrogens with two attached hydrogens (primary N) is 1. The van der Waals surface area contributed by atoms with Gasteiger partial charge in [-0.05, 0) is 25.0 Å². The van der Waals surface area contributed by atoms with Gasteiger partial charge in [0.15, 0.2) is 11.6 Å². The summed E-state index contributed by atoms with van der Waals surface area (Å²) < 4.78 is 28.8. The Hall–Kier alpha value is -1.82. The number of halogens is 2. The lowest BCUT2D eigenvalue weighted by molar-refractivity contribution is 0.552. The van der Waals surface area contributed by atoms with E-state index in [-0.39, 0.29) is 11.7 Å². The summed E-state index contributed by atoms with van der Waals surface area (Å²) in [4.78, 5) is 0. The Bertz CT molecular complexity index is 560. The van der Waals surface area contributed by atoms with Gasteiger partial charge >= 0.3 is 0 Å². The number of rotatable bonds is 4. The fourth-order valence-corrected chi connectivity index (χ4v) is 2.00. The lowest BCUT2D eigenvalue weighted by Gasteiger charge is -2.10. The lowest BCUT2D eigenvalue weighted by atomic mass is 10.1. The molecule has 19 heavy (non-hydrogen) atoms. The molecule has 4 nitrogen and oxygen atoms in total. The molecule has 0 aliphatic carbocycles. The third-order valence-electron chi connectivity index (χ3n) is 3.07. The molecule has 2 rings (SSSR count). The number of aromatic nitrogens is 3. The van der Waals surface area contributed by atoms with E-state index in [9.17, 15) is 8.78 Å². The minimum absolute atomic E-state index is 0.207. The van der Waals surface area contributed by atoms with Crippen molar-refractivity contribution in [2.24, 2.45) is 5.73 Å². The van der Waals surface area contributed by atoms with Crippen molar-refractivity contribution < 1.29 is 8.78 Å². The zero-order valence-corrected chi connectivity index (χ0v) is 10.9. The third kappa shape index (κ3) is 2.35. The molecule has 0 bridgehead atoms. The van der Waals surface area contributed by atoms with E-state index in [2.05, 4.69) is 10.3 Å². The molecule has 6 heteroatoms. The monoisotopic (exact) mass is 266 g/mol. The van der Waals surface area contributed by atoms with Gasteiger partial charge in [0.05, 0.1) is 11.7 Å². The minimum atomic E-state index is -0.670. The Morgan fingerprint density at radius 1 is 1.26 bits per heavy atom. The number of nitrogens with zero attached hydrogens (tertiary/aromatic N) is 3. The number of hydrogen-bond donors (Lipinski definition) is 1. The zero-order chi connectivity index (χ0) is 14.0. The maximum Gasteiger partial charge on any atom is 0.151 e. The molecule has 1 aromatic carbocycles. The van der Waals surface area contributed by atoms with Gasteiger partial charge in [-0.25, -0.2) is 13.5 Å². The molecule has 0 saturated heterocycles. The fourth-order valence-electron chi connectivity index (χ4n) is 2.00. The van der Waals surface area contributed by atoms with E-state index in [1.165, 1.54) is 22.9 Å². The summed E-state index contributed by atoms with van der Waals surface area (Å²) in [6.07, 6.45) is 1.23. The van der Waals surface area contributed by atoms with Crippen molar-refractivity contribution >= 4 is 0 Å². The molecule has 0 fully saturated rings. The van der Waals surface area contributed by atoms with Crippen molar-refractivity contribution in [3.05, 3.63) is 41.2 Å². The zero-order valence-electron chi connectivity index (χ0n) is 10.9. The highest BCUT2D eigenvalue weighted by Crippen LogP contribution is 2.23. The van der Waals surface area contributed by atoms with Crippen molar-refractivity contribution in [2.75, 3.05) is 0 Å². The van der Waals surface area contributed by atoms with Gasteiger partial charge in [0.1, 0.15) is 11.4 Å². The van der Waals surface area contributed by atoms with Gasteiger partial charge in [-0.2, -0.15) is 0 Å². The first-order chi connectivity index (χ1) is 9.10. The Labute approximate surface area is 110 Å². The van der Waals surface area contributed by atoms with Crippen LogP contribution >= 0.6 is 0 Å². The van der Waals surface area contributed by atoms with E-state index in [0.29, 0.717) is 24.2 Å². The first-order valence-electron chi connectivity index (χ1n) is 6.24. The van der Waals surface area contributed by atoms with Crippen LogP contribution in [-0.2, 0) is 6.42 Å². The van der Waals surface area contributed by atoms with E-state index in [0.717, 1.165) is 0 Å². The van der Waals surface area contributed by atoms with Crippen LogP contribution < -0.4 is 5.73 Å². The highest BCUT2D eigenvalue weighted by molar-refractivity contribution is 5.37. The summed E-state index contributed by atoms with van der Waals surface area (Å²) in [7, 11) is 0. The summed E-state index contributed by atoms with van der Waals surface area (Å²) in [5.74, 6) is -1.34. The first kappa shape index (κ1) is 13.6. The molecule has 0 saturated carbocycles. The van der Waals surface area contributed by atoms with E-state index in [1.54, 1.807) is 0 Å². The molecule has 1 aromatic heterocycles. The average Bonchev–Trinajstić information content (AvgIpc) is 2.81. The summed E-state index contributed by atoms with van der Waals surface area (Å²) in [5.41, 5.74) is 6.96. The van der Waals surface area contributed by atoms with Crippen LogP contribution in [0.5, 0.6) is 0 Å². The van der Waals surface area contributed by atoms with Crippen LogP contribution in [0.25, 0.3) is 5.69 Å². The molecule has 1 heterocycles. The maximum absolute atomic E-state index is 13.8. The average molecular weight is 266 g/mol. The van der Waals surface area contributed by atoms with Gasteiger partial charge in [0.25, 0.3) is 0 Å². The topological polar surface area (TPSA) is 56.7 Å². The molecular formula is C13H16F2N4. The summed E-state index contributed by atoms with van der Waals surface area (Å²) in [6.45, 7) is 3.80. The predicted molar refractivity (Wildman–Crippen MR) is 67.9 cm³/mol. The standard InChI is InChI=1S/C13H16F2N4/c1-3-10(16)12-11(4-2)19(18-17-12)13-8(14)6-5-7-9(13)15/h5-7,10H,3-4,16H2,1-2H3. The summed E-state index contributed by atoms with van der Waals surface area (Å²) in [6, 6.07) is 3.42. The van der Waals surface area contributed by atoms with E-state index in [1.807, 2.05) is 13.8 Å². The predicted octanol–water partition coefficient (Wildman–Crippen LogP) is 2.52. The van der Waals surface area contributed by atoms with Gasteiger partial charge in [-0.1, -0.05) is 25.1 Å². The number of hydrogen-bond acceptors (Lipinski definition) is 3.